The highest BCUT2D eigenvalue weighted by Crippen LogP contribution is 2.38. The van der Waals surface area contributed by atoms with Gasteiger partial charge in [-0.15, -0.1) is 0 Å². The third kappa shape index (κ3) is 15.1. The third-order valence-corrected chi connectivity index (χ3v) is 18.7. The Labute approximate surface area is 474 Å². The number of aromatic nitrogens is 4. The van der Waals surface area contributed by atoms with Gasteiger partial charge in [-0.3, -0.25) is 23.9 Å². The second-order valence-electron chi connectivity index (χ2n) is 18.3. The van der Waals surface area contributed by atoms with Crippen LogP contribution in [0.1, 0.15) is 68.9 Å². The summed E-state index contributed by atoms with van der Waals surface area (Å²) >= 11 is 3.31. The average molecular weight is 1250 g/mol. The van der Waals surface area contributed by atoms with E-state index in [9.17, 15) is 52.0 Å². The molecule has 0 saturated carbocycles. The van der Waals surface area contributed by atoms with Crippen molar-refractivity contribution >= 4 is 95.7 Å². The minimum atomic E-state index is -4.44. The van der Waals surface area contributed by atoms with Crippen molar-refractivity contribution in [1.29, 1.82) is 0 Å². The van der Waals surface area contributed by atoms with Gasteiger partial charge in [0.2, 0.25) is 31.5 Å². The normalized spacial score (nSPS) is 14.8. The second-order valence-corrected chi connectivity index (χ2v) is 26.1. The number of nitrogens with zero attached hydrogens (tertiary/aromatic N) is 5. The summed E-state index contributed by atoms with van der Waals surface area (Å²) in [5.41, 5.74) is 2.33. The summed E-state index contributed by atoms with van der Waals surface area (Å²) in [5, 5.41) is 5.96. The standard InChI is InChI=1S/C27H25FN4O6S2.C23H17BrFN3O4S.C4H9NO2S/c1-18-6-12-21(13-7-18)40(36,37)38-25-23-22(5-4-14-29-23)26(32-15-2-3-16-39(32,34)35)31-24(25)27(33)30-17-19-8-10-20(28)11-9-19;1-14-4-10-17(11-5-14)33(30,31)32-21-19-18(3-2-12-26-19)22(24)28-20(21)23(29)27-13-15-6-8-16(25)9-7-15;6-8(7)4-2-1-3-5-8/h4-14H,2-3,15-17H2,1H3,(H,30,33);2-12H,13H2,1H3,(H,27,29);5H,1-4H2. The van der Waals surface area contributed by atoms with Crippen molar-refractivity contribution in [2.45, 2.75) is 62.4 Å². The molecule has 4 aromatic heterocycles. The predicted molar refractivity (Wildman–Crippen MR) is 301 cm³/mol. The number of hydrogen-bond donors (Lipinski definition) is 3. The largest absolute Gasteiger partial charge is 0.374 e. The van der Waals surface area contributed by atoms with E-state index in [1.165, 1.54) is 85.2 Å². The van der Waals surface area contributed by atoms with Gasteiger partial charge in [0.1, 0.15) is 37.1 Å². The van der Waals surface area contributed by atoms with Crippen LogP contribution in [0.25, 0.3) is 21.8 Å². The summed E-state index contributed by atoms with van der Waals surface area (Å²) in [6, 6.07) is 29.5. The molecular formula is C54H51BrF2N8O12S4. The van der Waals surface area contributed by atoms with Crippen LogP contribution in [0, 0.1) is 25.5 Å². The zero-order chi connectivity index (χ0) is 58.1. The first kappa shape index (κ1) is 59.6. The molecule has 2 saturated heterocycles. The number of carbonyl (C=O) groups excluding carboxylic acids is 2. The number of sulfonamides is 2. The number of halogens is 3. The maximum Gasteiger partial charge on any atom is 0.339 e. The van der Waals surface area contributed by atoms with Crippen LogP contribution in [0.4, 0.5) is 14.6 Å². The molecular weight excluding hydrogens is 1200 g/mol. The lowest BCUT2D eigenvalue weighted by Crippen LogP contribution is -2.39. The molecule has 2 amide bonds. The van der Waals surface area contributed by atoms with E-state index in [1.807, 2.05) is 6.92 Å². The summed E-state index contributed by atoms with van der Waals surface area (Å²) in [5.74, 6) is -2.90. The summed E-state index contributed by atoms with van der Waals surface area (Å²) in [6.07, 6.45) is 5.70. The number of fused-ring (bicyclic) bond motifs is 2. The summed E-state index contributed by atoms with van der Waals surface area (Å²) < 4.78 is 141. The molecule has 4 aromatic carbocycles. The van der Waals surface area contributed by atoms with Gasteiger partial charge < -0.3 is 19.0 Å². The van der Waals surface area contributed by atoms with Crippen molar-refractivity contribution in [3.05, 3.63) is 184 Å². The molecule has 3 N–H and O–H groups in total. The molecule has 0 aliphatic carbocycles. The van der Waals surface area contributed by atoms with Gasteiger partial charge in [-0.05, 0) is 139 Å². The molecule has 0 unspecified atom stereocenters. The minimum absolute atomic E-state index is 0.0391. The number of benzene rings is 4. The number of anilines is 1. The smallest absolute Gasteiger partial charge is 0.339 e. The maximum atomic E-state index is 13.5. The van der Waals surface area contributed by atoms with Crippen molar-refractivity contribution in [3.8, 4) is 11.5 Å². The Morgan fingerprint density at radius 1 is 0.617 bits per heavy atom. The van der Waals surface area contributed by atoms with Gasteiger partial charge in [-0.1, -0.05) is 59.7 Å². The molecule has 81 heavy (non-hydrogen) atoms. The highest BCUT2D eigenvalue weighted by atomic mass is 79.9. The Bertz CT molecular complexity index is 4090. The van der Waals surface area contributed by atoms with Crippen LogP contribution in [0.5, 0.6) is 11.5 Å². The van der Waals surface area contributed by atoms with Crippen molar-refractivity contribution in [3.63, 3.8) is 0 Å². The molecule has 2 aliphatic heterocycles. The SMILES string of the molecule is Cc1ccc(S(=O)(=O)Oc2c(C(=O)NCc3ccc(F)cc3)nc(Br)c3cccnc23)cc1.Cc1ccc(S(=O)(=O)Oc2c(C(=O)NCc3ccc(F)cc3)nc(N3CCCCS3(=O)=O)c3cccnc23)cc1.O=S1(=O)CCCCN1. The molecule has 424 valence electrons. The number of aryl methyl sites for hydroxylation is 2. The van der Waals surface area contributed by atoms with Crippen LogP contribution < -0.4 is 28.0 Å². The zero-order valence-corrected chi connectivity index (χ0v) is 48.0. The molecule has 2 fully saturated rings. The fourth-order valence-corrected chi connectivity index (χ4v) is 13.2. The number of amides is 2. The Hall–Kier alpha value is -7.56. The molecule has 20 nitrogen and oxygen atoms in total. The van der Waals surface area contributed by atoms with Crippen molar-refractivity contribution in [2.75, 3.05) is 28.9 Å². The first-order chi connectivity index (χ1) is 38.5. The number of pyridine rings is 4. The summed E-state index contributed by atoms with van der Waals surface area (Å²) in [6.45, 7) is 4.43. The van der Waals surface area contributed by atoms with E-state index in [2.05, 4.69) is 51.2 Å². The lowest BCUT2D eigenvalue weighted by molar-refractivity contribution is 0.0936. The lowest BCUT2D eigenvalue weighted by atomic mass is 10.1. The highest BCUT2D eigenvalue weighted by Gasteiger charge is 2.34. The summed E-state index contributed by atoms with van der Waals surface area (Å²) in [4.78, 5) is 43.4. The molecule has 0 atom stereocenters. The van der Waals surface area contributed by atoms with Crippen LogP contribution >= 0.6 is 15.9 Å². The van der Waals surface area contributed by atoms with Gasteiger partial charge >= 0.3 is 20.2 Å². The van der Waals surface area contributed by atoms with Gasteiger partial charge in [-0.2, -0.15) is 16.8 Å². The van der Waals surface area contributed by atoms with E-state index in [0.29, 0.717) is 46.3 Å². The van der Waals surface area contributed by atoms with Gasteiger partial charge in [0.05, 0.1) is 11.5 Å². The fourth-order valence-electron chi connectivity index (χ4n) is 8.03. The van der Waals surface area contributed by atoms with E-state index < -0.39 is 75.2 Å². The van der Waals surface area contributed by atoms with Crippen LogP contribution in [0.3, 0.4) is 0 Å². The third-order valence-electron chi connectivity index (χ3n) is 12.3. The van der Waals surface area contributed by atoms with E-state index in [1.54, 1.807) is 55.5 Å². The Morgan fingerprint density at radius 2 is 1.07 bits per heavy atom. The second kappa shape index (κ2) is 25.5. The Kier molecular flexibility index (Phi) is 18.7. The van der Waals surface area contributed by atoms with Crippen molar-refractivity contribution in [1.82, 2.24) is 35.3 Å². The lowest BCUT2D eigenvalue weighted by Gasteiger charge is -2.28. The average Bonchev–Trinajstić information content (AvgIpc) is 3.63. The first-order valence-corrected chi connectivity index (χ1v) is 31.7. The molecule has 2 aliphatic rings. The van der Waals surface area contributed by atoms with Gasteiger partial charge in [0.15, 0.2) is 17.2 Å². The topological polar surface area (TPSA) is 280 Å². The van der Waals surface area contributed by atoms with Crippen molar-refractivity contribution < 1.29 is 60.4 Å². The molecule has 0 radical (unpaired) electrons. The molecule has 0 bridgehead atoms. The number of nitrogens with one attached hydrogen (secondary N) is 3. The molecule has 27 heteroatoms. The minimum Gasteiger partial charge on any atom is -0.374 e. The van der Waals surface area contributed by atoms with Crippen LogP contribution in [0.15, 0.2) is 148 Å². The monoisotopic (exact) mass is 1250 g/mol. The number of rotatable bonds is 13. The Balaban J connectivity index is 0.000000189. The summed E-state index contributed by atoms with van der Waals surface area (Å²) in [7, 11) is -15.3. The molecule has 8 aromatic rings. The molecule has 0 spiro atoms. The van der Waals surface area contributed by atoms with Crippen LogP contribution in [-0.4, -0.2) is 90.0 Å². The number of hydrogen-bond acceptors (Lipinski definition) is 16. The quantitative estimate of drug-likeness (QED) is 0.0729. The van der Waals surface area contributed by atoms with Gasteiger partial charge in [-0.25, -0.2) is 40.3 Å². The van der Waals surface area contributed by atoms with Gasteiger partial charge in [0, 0.05) is 49.3 Å². The zero-order valence-electron chi connectivity index (χ0n) is 43.2. The van der Waals surface area contributed by atoms with E-state index in [4.69, 9.17) is 8.37 Å². The Morgan fingerprint density at radius 3 is 1.52 bits per heavy atom. The van der Waals surface area contributed by atoms with Crippen LogP contribution in [-0.2, 0) is 53.4 Å². The van der Waals surface area contributed by atoms with E-state index >= 15 is 0 Å². The maximum absolute atomic E-state index is 13.5. The van der Waals surface area contributed by atoms with Gasteiger partial charge in [0.25, 0.3) is 11.8 Å². The fraction of sp³-hybridized carbons (Fsp3) is 0.222. The van der Waals surface area contributed by atoms with E-state index in [0.717, 1.165) is 28.3 Å². The first-order valence-electron chi connectivity index (χ1n) is 24.8. The van der Waals surface area contributed by atoms with Crippen molar-refractivity contribution in [2.24, 2.45) is 0 Å². The highest BCUT2D eigenvalue weighted by molar-refractivity contribution is 9.10. The van der Waals surface area contributed by atoms with E-state index in [-0.39, 0.29) is 68.9 Å². The number of carbonyl (C=O) groups is 2. The predicted octanol–water partition coefficient (Wildman–Crippen LogP) is 7.94. The van der Waals surface area contributed by atoms with Crippen LogP contribution in [0.2, 0.25) is 0 Å². The molecule has 10 rings (SSSR count). The molecule has 6 heterocycles.